The lowest BCUT2D eigenvalue weighted by Crippen LogP contribution is -2.09. The Bertz CT molecular complexity index is 817. The van der Waals surface area contributed by atoms with Gasteiger partial charge in [-0.1, -0.05) is 24.3 Å². The topological polar surface area (TPSA) is 79.5 Å². The Labute approximate surface area is 146 Å². The van der Waals surface area contributed by atoms with Gasteiger partial charge in [-0.05, 0) is 54.8 Å². The second kappa shape index (κ2) is 8.55. The number of aryl methyl sites for hydroxylation is 1. The average Bonchev–Trinajstić information content (AvgIpc) is 2.61. The van der Waals surface area contributed by atoms with Crippen molar-refractivity contribution in [3.8, 4) is 17.6 Å². The third kappa shape index (κ3) is 5.11. The summed E-state index contributed by atoms with van der Waals surface area (Å²) in [7, 11) is 0. The average molecular weight is 337 g/mol. The van der Waals surface area contributed by atoms with Crippen molar-refractivity contribution in [2.75, 3.05) is 13.2 Å². The minimum absolute atomic E-state index is 0.310. The molecule has 0 aliphatic rings. The summed E-state index contributed by atoms with van der Waals surface area (Å²) in [5.74, 6) is 0.253. The fraction of sp³-hybridized carbons (Fsp3) is 0.200. The van der Waals surface area contributed by atoms with Gasteiger partial charge in [-0.15, -0.1) is 0 Å². The van der Waals surface area contributed by atoms with Crippen molar-refractivity contribution in [3.63, 3.8) is 0 Å². The summed E-state index contributed by atoms with van der Waals surface area (Å²) < 4.78 is 11.3. The molecule has 0 fully saturated rings. The second-order valence-electron chi connectivity index (χ2n) is 5.44. The maximum absolute atomic E-state index is 10.8. The summed E-state index contributed by atoms with van der Waals surface area (Å²) in [6.07, 6.45) is 1.32. The van der Waals surface area contributed by atoms with Crippen molar-refractivity contribution in [2.24, 2.45) is 0 Å². The Morgan fingerprint density at radius 2 is 1.80 bits per heavy atom. The number of carbonyl (C=O) groups is 1. The second-order valence-corrected chi connectivity index (χ2v) is 5.44. The molecular formula is C20H19NO4. The molecule has 0 saturated heterocycles. The molecule has 0 aliphatic carbocycles. The summed E-state index contributed by atoms with van der Waals surface area (Å²) in [4.78, 5) is 10.8. The molecule has 0 aliphatic heterocycles. The number of rotatable bonds is 7. The number of hydrogen-bond donors (Lipinski definition) is 1. The van der Waals surface area contributed by atoms with Crippen LogP contribution in [0.1, 0.15) is 16.7 Å². The molecule has 0 amide bonds. The standard InChI is InChI=1S/C20H19NO4/c1-14-4-3-5-19(15(14)2)25-11-10-24-18-8-6-16(7-9-18)12-17(13-21)20(22)23/h3-9,12H,10-11H2,1-2H3,(H,22,23). The molecule has 0 bridgehead atoms. The first-order chi connectivity index (χ1) is 12.0. The molecule has 0 radical (unpaired) electrons. The fourth-order valence-corrected chi connectivity index (χ4v) is 2.16. The molecule has 0 heterocycles. The summed E-state index contributed by atoms with van der Waals surface area (Å²) in [5, 5.41) is 17.6. The van der Waals surface area contributed by atoms with Gasteiger partial charge in [-0.25, -0.2) is 4.79 Å². The van der Waals surface area contributed by atoms with Crippen molar-refractivity contribution < 1.29 is 19.4 Å². The van der Waals surface area contributed by atoms with E-state index < -0.39 is 5.97 Å². The molecule has 128 valence electrons. The van der Waals surface area contributed by atoms with Crippen LogP contribution in [0, 0.1) is 25.2 Å². The lowest BCUT2D eigenvalue weighted by atomic mass is 10.1. The quantitative estimate of drug-likeness (QED) is 0.473. The maximum Gasteiger partial charge on any atom is 0.346 e. The van der Waals surface area contributed by atoms with Crippen molar-refractivity contribution in [1.82, 2.24) is 0 Å². The highest BCUT2D eigenvalue weighted by Crippen LogP contribution is 2.20. The first-order valence-corrected chi connectivity index (χ1v) is 7.78. The predicted octanol–water partition coefficient (Wildman–Crippen LogP) is 3.75. The van der Waals surface area contributed by atoms with Crippen LogP contribution >= 0.6 is 0 Å². The minimum Gasteiger partial charge on any atom is -0.490 e. The lowest BCUT2D eigenvalue weighted by Gasteiger charge is -2.11. The molecule has 0 atom stereocenters. The smallest absolute Gasteiger partial charge is 0.346 e. The Morgan fingerprint density at radius 3 is 2.44 bits per heavy atom. The highest BCUT2D eigenvalue weighted by atomic mass is 16.5. The Balaban J connectivity index is 1.87. The van der Waals surface area contributed by atoms with Gasteiger partial charge in [0.25, 0.3) is 0 Å². The van der Waals surface area contributed by atoms with Crippen molar-refractivity contribution in [2.45, 2.75) is 13.8 Å². The van der Waals surface area contributed by atoms with E-state index in [-0.39, 0.29) is 5.57 Å². The van der Waals surface area contributed by atoms with Gasteiger partial charge in [0.15, 0.2) is 0 Å². The van der Waals surface area contributed by atoms with Gasteiger partial charge in [0, 0.05) is 0 Å². The first-order valence-electron chi connectivity index (χ1n) is 7.78. The van der Waals surface area contributed by atoms with E-state index in [0.717, 1.165) is 11.3 Å². The molecule has 2 aromatic carbocycles. The van der Waals surface area contributed by atoms with Gasteiger partial charge >= 0.3 is 5.97 Å². The van der Waals surface area contributed by atoms with E-state index in [2.05, 4.69) is 0 Å². The summed E-state index contributed by atoms with van der Waals surface area (Å²) in [5.41, 5.74) is 2.61. The van der Waals surface area contributed by atoms with Gasteiger partial charge in [0.2, 0.25) is 0 Å². The molecule has 25 heavy (non-hydrogen) atoms. The predicted molar refractivity (Wildman–Crippen MR) is 94.6 cm³/mol. The van der Waals surface area contributed by atoms with E-state index in [0.29, 0.717) is 24.5 Å². The molecule has 5 heteroatoms. The normalized spacial score (nSPS) is 10.8. The van der Waals surface area contributed by atoms with Crippen LogP contribution in [0.2, 0.25) is 0 Å². The number of carboxylic acids is 1. The van der Waals surface area contributed by atoms with Crippen LogP contribution in [0.25, 0.3) is 6.08 Å². The van der Waals surface area contributed by atoms with E-state index in [1.54, 1.807) is 30.3 Å². The van der Waals surface area contributed by atoms with E-state index in [1.807, 2.05) is 32.0 Å². The number of carboxylic acid groups (broad SMARTS) is 1. The van der Waals surface area contributed by atoms with Gasteiger partial charge in [0.05, 0.1) is 0 Å². The molecule has 0 saturated carbocycles. The lowest BCUT2D eigenvalue weighted by molar-refractivity contribution is -0.132. The summed E-state index contributed by atoms with van der Waals surface area (Å²) in [6, 6.07) is 14.4. The van der Waals surface area contributed by atoms with Gasteiger partial charge < -0.3 is 14.6 Å². The molecule has 2 rings (SSSR count). The zero-order valence-electron chi connectivity index (χ0n) is 14.2. The van der Waals surface area contributed by atoms with Gasteiger partial charge in [-0.2, -0.15) is 5.26 Å². The largest absolute Gasteiger partial charge is 0.490 e. The first kappa shape index (κ1) is 18.1. The SMILES string of the molecule is Cc1cccc(OCCOc2ccc(C=C(C#N)C(=O)O)cc2)c1C. The number of nitrogens with zero attached hydrogens (tertiary/aromatic N) is 1. The maximum atomic E-state index is 10.8. The van der Waals surface area contributed by atoms with Crippen LogP contribution in [0.5, 0.6) is 11.5 Å². The molecule has 2 aromatic rings. The van der Waals surface area contributed by atoms with E-state index in [1.165, 1.54) is 11.6 Å². The highest BCUT2D eigenvalue weighted by Gasteiger charge is 2.05. The van der Waals surface area contributed by atoms with Crippen molar-refractivity contribution in [1.29, 1.82) is 5.26 Å². The van der Waals surface area contributed by atoms with E-state index >= 15 is 0 Å². The number of hydrogen-bond acceptors (Lipinski definition) is 4. The highest BCUT2D eigenvalue weighted by molar-refractivity contribution is 5.96. The molecule has 0 unspecified atom stereocenters. The monoisotopic (exact) mass is 337 g/mol. The molecular weight excluding hydrogens is 318 g/mol. The van der Waals surface area contributed by atoms with E-state index in [4.69, 9.17) is 19.8 Å². The fourth-order valence-electron chi connectivity index (χ4n) is 2.16. The van der Waals surface area contributed by atoms with Crippen LogP contribution in [-0.2, 0) is 4.79 Å². The Morgan fingerprint density at radius 1 is 1.12 bits per heavy atom. The Kier molecular flexibility index (Phi) is 6.19. The zero-order chi connectivity index (χ0) is 18.2. The third-order valence-electron chi connectivity index (χ3n) is 3.71. The molecule has 0 spiro atoms. The van der Waals surface area contributed by atoms with Crippen LogP contribution in [0.4, 0.5) is 0 Å². The number of aliphatic carboxylic acids is 1. The van der Waals surface area contributed by atoms with Crippen LogP contribution in [0.15, 0.2) is 48.0 Å². The van der Waals surface area contributed by atoms with Crippen molar-refractivity contribution in [3.05, 3.63) is 64.7 Å². The molecule has 1 N–H and O–H groups in total. The summed E-state index contributed by atoms with van der Waals surface area (Å²) in [6.45, 7) is 4.87. The molecule has 0 aromatic heterocycles. The van der Waals surface area contributed by atoms with Crippen LogP contribution in [0.3, 0.4) is 0 Å². The summed E-state index contributed by atoms with van der Waals surface area (Å²) >= 11 is 0. The van der Waals surface area contributed by atoms with Crippen LogP contribution < -0.4 is 9.47 Å². The van der Waals surface area contributed by atoms with Gasteiger partial charge in [-0.3, -0.25) is 0 Å². The minimum atomic E-state index is -1.24. The zero-order valence-corrected chi connectivity index (χ0v) is 14.2. The Hall–Kier alpha value is -3.26. The third-order valence-corrected chi connectivity index (χ3v) is 3.71. The number of nitriles is 1. The van der Waals surface area contributed by atoms with Crippen molar-refractivity contribution >= 4 is 12.0 Å². The number of ether oxygens (including phenoxy) is 2. The molecule has 5 nitrogen and oxygen atoms in total. The van der Waals surface area contributed by atoms with Crippen LogP contribution in [-0.4, -0.2) is 24.3 Å². The number of benzene rings is 2. The van der Waals surface area contributed by atoms with E-state index in [9.17, 15) is 4.79 Å². The van der Waals surface area contributed by atoms with Gasteiger partial charge in [0.1, 0.15) is 36.4 Å².